The number of benzene rings is 1. The molecule has 2 fully saturated rings. The van der Waals surface area contributed by atoms with E-state index in [0.29, 0.717) is 31.7 Å². The lowest BCUT2D eigenvalue weighted by atomic mass is 9.72. The lowest BCUT2D eigenvalue weighted by molar-refractivity contribution is -0.154. The van der Waals surface area contributed by atoms with E-state index >= 15 is 0 Å². The van der Waals surface area contributed by atoms with E-state index in [1.54, 1.807) is 4.90 Å². The Morgan fingerprint density at radius 1 is 1.19 bits per heavy atom. The van der Waals surface area contributed by atoms with Crippen LogP contribution in [-0.4, -0.2) is 58.5 Å². The fourth-order valence-corrected chi connectivity index (χ4v) is 3.86. The first kappa shape index (κ1) is 19.1. The van der Waals surface area contributed by atoms with E-state index in [-0.39, 0.29) is 23.2 Å². The highest BCUT2D eigenvalue weighted by Crippen LogP contribution is 2.40. The number of amides is 3. The predicted octanol–water partition coefficient (Wildman–Crippen LogP) is 2.54. The van der Waals surface area contributed by atoms with E-state index in [2.05, 4.69) is 5.32 Å². The zero-order valence-electron chi connectivity index (χ0n) is 15.3. The summed E-state index contributed by atoms with van der Waals surface area (Å²) in [6, 6.07) is 4.53. The number of hydrogen-bond donors (Lipinski definition) is 2. The zero-order valence-corrected chi connectivity index (χ0v) is 15.3. The molecule has 8 heteroatoms. The van der Waals surface area contributed by atoms with E-state index in [1.165, 1.54) is 36.1 Å². The summed E-state index contributed by atoms with van der Waals surface area (Å²) in [4.78, 5) is 39.0. The van der Waals surface area contributed by atoms with Crippen molar-refractivity contribution in [1.29, 1.82) is 0 Å². The number of nitrogens with one attached hydrogen (secondary N) is 1. The molecular weight excluding hydrogens is 353 g/mol. The second-order valence-corrected chi connectivity index (χ2v) is 7.46. The smallest absolute Gasteiger partial charge is 0.326 e. The molecule has 2 N–H and O–H groups in total. The minimum absolute atomic E-state index is 0.119. The maximum Gasteiger partial charge on any atom is 0.326 e. The van der Waals surface area contributed by atoms with E-state index in [0.717, 1.165) is 19.3 Å². The third-order valence-corrected chi connectivity index (χ3v) is 5.73. The summed E-state index contributed by atoms with van der Waals surface area (Å²) in [6.45, 7) is 3.03. The minimum atomic E-state index is -1.00. The number of urea groups is 1. The lowest BCUT2D eigenvalue weighted by Crippen LogP contribution is -2.56. The number of nitrogens with zero attached hydrogens (tertiary/aromatic N) is 2. The van der Waals surface area contributed by atoms with Gasteiger partial charge in [0, 0.05) is 31.7 Å². The van der Waals surface area contributed by atoms with Crippen molar-refractivity contribution >= 4 is 23.6 Å². The van der Waals surface area contributed by atoms with Crippen LogP contribution >= 0.6 is 0 Å². The maximum atomic E-state index is 13.0. The average Bonchev–Trinajstić information content (AvgIpc) is 2.65. The second-order valence-electron chi connectivity index (χ2n) is 7.46. The van der Waals surface area contributed by atoms with Gasteiger partial charge in [-0.25, -0.2) is 14.0 Å². The fourth-order valence-electron chi connectivity index (χ4n) is 3.86. The van der Waals surface area contributed by atoms with Gasteiger partial charge in [-0.3, -0.25) is 4.79 Å². The van der Waals surface area contributed by atoms with Crippen LogP contribution < -0.4 is 5.32 Å². The van der Waals surface area contributed by atoms with Gasteiger partial charge in [0.1, 0.15) is 11.9 Å². The summed E-state index contributed by atoms with van der Waals surface area (Å²) in [5, 5.41) is 12.0. The molecule has 0 saturated carbocycles. The maximum absolute atomic E-state index is 13.0. The fraction of sp³-hybridized carbons (Fsp3) is 0.526. The van der Waals surface area contributed by atoms with Crippen LogP contribution in [0.2, 0.25) is 0 Å². The van der Waals surface area contributed by atoms with Gasteiger partial charge in [0.2, 0.25) is 5.91 Å². The summed E-state index contributed by atoms with van der Waals surface area (Å²) in [7, 11) is 0. The normalized spacial score (nSPS) is 20.4. The van der Waals surface area contributed by atoms with Gasteiger partial charge in [0.25, 0.3) is 0 Å². The van der Waals surface area contributed by atoms with Crippen molar-refractivity contribution in [2.45, 2.75) is 38.6 Å². The van der Waals surface area contributed by atoms with Gasteiger partial charge in [-0.1, -0.05) is 0 Å². The highest BCUT2D eigenvalue weighted by atomic mass is 19.1. The van der Waals surface area contributed by atoms with Gasteiger partial charge >= 0.3 is 12.0 Å². The second kappa shape index (κ2) is 7.54. The monoisotopic (exact) mass is 377 g/mol. The van der Waals surface area contributed by atoms with E-state index in [4.69, 9.17) is 0 Å². The minimum Gasteiger partial charge on any atom is -0.480 e. The van der Waals surface area contributed by atoms with Crippen LogP contribution in [-0.2, 0) is 9.59 Å². The van der Waals surface area contributed by atoms with Crippen molar-refractivity contribution < 1.29 is 23.9 Å². The molecule has 7 nitrogen and oxygen atoms in total. The van der Waals surface area contributed by atoms with Crippen LogP contribution in [0, 0.1) is 11.2 Å². The lowest BCUT2D eigenvalue weighted by Gasteiger charge is -2.48. The van der Waals surface area contributed by atoms with Crippen molar-refractivity contribution in [2.24, 2.45) is 5.41 Å². The van der Waals surface area contributed by atoms with Gasteiger partial charge < -0.3 is 20.2 Å². The molecule has 0 aromatic heterocycles. The van der Waals surface area contributed by atoms with Crippen LogP contribution in [0.3, 0.4) is 0 Å². The number of halogens is 1. The Kier molecular flexibility index (Phi) is 5.34. The molecular formula is C19H24FN3O4. The molecule has 146 valence electrons. The summed E-state index contributed by atoms with van der Waals surface area (Å²) in [5.74, 6) is -1.48. The number of piperidine rings is 2. The highest BCUT2D eigenvalue weighted by molar-refractivity contribution is 5.89. The number of aliphatic carboxylic acids is 1. The first-order valence-corrected chi connectivity index (χ1v) is 9.13. The van der Waals surface area contributed by atoms with Gasteiger partial charge in [-0.05, 0) is 55.9 Å². The van der Waals surface area contributed by atoms with Crippen LogP contribution in [0.25, 0.3) is 0 Å². The van der Waals surface area contributed by atoms with E-state index in [9.17, 15) is 23.9 Å². The number of carbonyl (C=O) groups excluding carboxylic acids is 2. The number of carbonyl (C=O) groups is 3. The Morgan fingerprint density at radius 3 is 2.41 bits per heavy atom. The first-order valence-electron chi connectivity index (χ1n) is 9.13. The standard InChI is InChI=1S/C19H24FN3O4/c1-13(17(25)26)23-12-19(7-6-16(23)24)8-10-22(11-9-19)18(27)21-15-4-2-14(20)3-5-15/h2-5,13H,6-12H2,1H3,(H,21,27)(H,25,26)/t13-/m0/s1. The Labute approximate surface area is 157 Å². The summed E-state index contributed by atoms with van der Waals surface area (Å²) in [6.07, 6.45) is 2.52. The molecule has 0 unspecified atom stereocenters. The molecule has 1 atom stereocenters. The largest absolute Gasteiger partial charge is 0.480 e. The quantitative estimate of drug-likeness (QED) is 0.847. The Bertz CT molecular complexity index is 729. The van der Waals surface area contributed by atoms with Gasteiger partial charge in [0.15, 0.2) is 0 Å². The molecule has 2 aliphatic heterocycles. The molecule has 3 amide bonds. The Balaban J connectivity index is 1.59. The van der Waals surface area contributed by atoms with Crippen molar-refractivity contribution in [1.82, 2.24) is 9.80 Å². The molecule has 1 spiro atoms. The zero-order chi connectivity index (χ0) is 19.6. The molecule has 1 aromatic carbocycles. The van der Waals surface area contributed by atoms with Crippen molar-refractivity contribution in [3.05, 3.63) is 30.1 Å². The average molecular weight is 377 g/mol. The molecule has 2 aliphatic rings. The van der Waals surface area contributed by atoms with Gasteiger partial charge in [0.05, 0.1) is 0 Å². The molecule has 2 heterocycles. The molecule has 0 radical (unpaired) electrons. The van der Waals surface area contributed by atoms with Gasteiger partial charge in [-0.15, -0.1) is 0 Å². The van der Waals surface area contributed by atoms with E-state index in [1.807, 2.05) is 0 Å². The van der Waals surface area contributed by atoms with Crippen LogP contribution in [0.5, 0.6) is 0 Å². The first-order chi connectivity index (χ1) is 12.8. The third-order valence-electron chi connectivity index (χ3n) is 5.73. The summed E-state index contributed by atoms with van der Waals surface area (Å²) in [5.41, 5.74) is 0.399. The molecule has 3 rings (SSSR count). The van der Waals surface area contributed by atoms with E-state index < -0.39 is 12.0 Å². The van der Waals surface area contributed by atoms with Crippen molar-refractivity contribution in [2.75, 3.05) is 25.0 Å². The molecule has 0 bridgehead atoms. The van der Waals surface area contributed by atoms with Gasteiger partial charge in [-0.2, -0.15) is 0 Å². The molecule has 2 saturated heterocycles. The Morgan fingerprint density at radius 2 is 1.81 bits per heavy atom. The SMILES string of the molecule is C[C@@H](C(=O)O)N1CC2(CCC1=O)CCN(C(=O)Nc1ccc(F)cc1)CC2. The highest BCUT2D eigenvalue weighted by Gasteiger charge is 2.43. The number of rotatable bonds is 3. The van der Waals surface area contributed by atoms with Crippen LogP contribution in [0.4, 0.5) is 14.9 Å². The predicted molar refractivity (Wildman–Crippen MR) is 96.7 cm³/mol. The van der Waals surface area contributed by atoms with Crippen molar-refractivity contribution in [3.8, 4) is 0 Å². The number of anilines is 1. The number of carboxylic acids is 1. The molecule has 1 aromatic rings. The topological polar surface area (TPSA) is 90.0 Å². The summed E-state index contributed by atoms with van der Waals surface area (Å²) < 4.78 is 13.0. The molecule has 27 heavy (non-hydrogen) atoms. The summed E-state index contributed by atoms with van der Waals surface area (Å²) >= 11 is 0. The van der Waals surface area contributed by atoms with Crippen LogP contribution in [0.15, 0.2) is 24.3 Å². The number of carboxylic acid groups (broad SMARTS) is 1. The number of likely N-dealkylation sites (tertiary alicyclic amines) is 2. The molecule has 0 aliphatic carbocycles. The van der Waals surface area contributed by atoms with Crippen LogP contribution in [0.1, 0.15) is 32.6 Å². The number of hydrogen-bond acceptors (Lipinski definition) is 3. The third kappa shape index (κ3) is 4.20. The Hall–Kier alpha value is -2.64. The van der Waals surface area contributed by atoms with Crippen molar-refractivity contribution in [3.63, 3.8) is 0 Å².